The summed E-state index contributed by atoms with van der Waals surface area (Å²) in [7, 11) is 0. The van der Waals surface area contributed by atoms with Crippen LogP contribution in [0.3, 0.4) is 0 Å². The molecule has 0 atom stereocenters. The molecule has 0 aromatic carbocycles. The molecule has 0 saturated heterocycles. The van der Waals surface area contributed by atoms with E-state index in [0.717, 1.165) is 62.1 Å². The first-order valence-corrected chi connectivity index (χ1v) is 7.65. The maximum absolute atomic E-state index is 11.8. The summed E-state index contributed by atoms with van der Waals surface area (Å²) in [5.74, 6) is 0.980. The molecule has 5 nitrogen and oxygen atoms in total. The fourth-order valence-corrected chi connectivity index (χ4v) is 2.20. The summed E-state index contributed by atoms with van der Waals surface area (Å²) in [6.45, 7) is 5.33. The van der Waals surface area contributed by atoms with Crippen LogP contribution in [0.25, 0.3) is 0 Å². The summed E-state index contributed by atoms with van der Waals surface area (Å²) in [4.78, 5) is 11.8. The van der Waals surface area contributed by atoms with Crippen molar-refractivity contribution in [2.75, 3.05) is 6.54 Å². The van der Waals surface area contributed by atoms with Crippen molar-refractivity contribution in [3.8, 4) is 0 Å². The van der Waals surface area contributed by atoms with E-state index < -0.39 is 0 Å². The second-order valence-corrected chi connectivity index (χ2v) is 4.97. The fourth-order valence-electron chi connectivity index (χ4n) is 2.20. The molecule has 1 heterocycles. The van der Waals surface area contributed by atoms with Gasteiger partial charge in [0.15, 0.2) is 0 Å². The lowest BCUT2D eigenvalue weighted by Crippen LogP contribution is -2.23. The predicted octanol–water partition coefficient (Wildman–Crippen LogP) is 2.75. The van der Waals surface area contributed by atoms with E-state index in [9.17, 15) is 4.79 Å². The normalized spacial score (nSPS) is 10.2. The highest BCUT2D eigenvalue weighted by atomic mass is 35.5. The third kappa shape index (κ3) is 6.96. The number of nitrogens with two attached hydrogens (primary N) is 1. The lowest BCUT2D eigenvalue weighted by atomic mass is 10.1. The molecule has 21 heavy (non-hydrogen) atoms. The first-order chi connectivity index (χ1) is 9.72. The number of aryl methyl sites for hydroxylation is 2. The highest BCUT2D eigenvalue weighted by Crippen LogP contribution is 2.15. The number of hydrogen-bond acceptors (Lipinski definition) is 4. The van der Waals surface area contributed by atoms with Gasteiger partial charge in [-0.3, -0.25) is 4.79 Å². The van der Waals surface area contributed by atoms with Gasteiger partial charge in [-0.15, -0.1) is 12.4 Å². The van der Waals surface area contributed by atoms with Gasteiger partial charge in [-0.1, -0.05) is 31.8 Å². The van der Waals surface area contributed by atoms with Crippen molar-refractivity contribution in [3.63, 3.8) is 0 Å². The number of amides is 1. The van der Waals surface area contributed by atoms with Crippen molar-refractivity contribution in [2.24, 2.45) is 5.73 Å². The van der Waals surface area contributed by atoms with Gasteiger partial charge in [0.1, 0.15) is 5.76 Å². The Morgan fingerprint density at radius 2 is 1.90 bits per heavy atom. The zero-order chi connectivity index (χ0) is 14.8. The van der Waals surface area contributed by atoms with E-state index in [1.165, 1.54) is 0 Å². The van der Waals surface area contributed by atoms with Crippen LogP contribution in [0.15, 0.2) is 4.52 Å². The third-order valence-electron chi connectivity index (χ3n) is 3.43. The number of aromatic nitrogens is 1. The maximum atomic E-state index is 11.8. The van der Waals surface area contributed by atoms with Crippen molar-refractivity contribution >= 4 is 18.3 Å². The van der Waals surface area contributed by atoms with Crippen LogP contribution in [-0.2, 0) is 24.2 Å². The van der Waals surface area contributed by atoms with Crippen molar-refractivity contribution in [1.82, 2.24) is 10.5 Å². The summed E-state index contributed by atoms with van der Waals surface area (Å²) >= 11 is 0. The second kappa shape index (κ2) is 11.6. The molecule has 1 aromatic heterocycles. The van der Waals surface area contributed by atoms with Gasteiger partial charge >= 0.3 is 0 Å². The minimum atomic E-state index is 0. The minimum Gasteiger partial charge on any atom is -0.361 e. The molecule has 6 heteroatoms. The van der Waals surface area contributed by atoms with Crippen LogP contribution < -0.4 is 11.1 Å². The van der Waals surface area contributed by atoms with Gasteiger partial charge in [0, 0.05) is 24.9 Å². The Kier molecular flexibility index (Phi) is 11.0. The monoisotopic (exact) mass is 317 g/mol. The van der Waals surface area contributed by atoms with Crippen molar-refractivity contribution in [2.45, 2.75) is 65.3 Å². The van der Waals surface area contributed by atoms with Crippen LogP contribution in [0.4, 0.5) is 0 Å². The number of carbonyl (C=O) groups excluding carboxylic acids is 1. The molecule has 0 aliphatic carbocycles. The number of unbranched alkanes of at least 4 members (excludes halogenated alkanes) is 3. The van der Waals surface area contributed by atoms with E-state index >= 15 is 0 Å². The molecule has 1 aromatic rings. The largest absolute Gasteiger partial charge is 0.361 e. The smallest absolute Gasteiger partial charge is 0.220 e. The van der Waals surface area contributed by atoms with Crippen molar-refractivity contribution in [1.29, 1.82) is 0 Å². The molecule has 0 aliphatic heterocycles. The molecular formula is C15H28ClN3O2. The molecule has 0 spiro atoms. The molecule has 0 fully saturated rings. The zero-order valence-electron chi connectivity index (χ0n) is 13.1. The lowest BCUT2D eigenvalue weighted by molar-refractivity contribution is -0.121. The van der Waals surface area contributed by atoms with E-state index in [4.69, 9.17) is 10.3 Å². The topological polar surface area (TPSA) is 81.2 Å². The molecular weight excluding hydrogens is 290 g/mol. The number of halogens is 1. The van der Waals surface area contributed by atoms with Crippen LogP contribution in [0.1, 0.15) is 63.0 Å². The quantitative estimate of drug-likeness (QED) is 0.650. The average molecular weight is 318 g/mol. The van der Waals surface area contributed by atoms with Gasteiger partial charge < -0.3 is 15.6 Å². The Hall–Kier alpha value is -1.07. The van der Waals surface area contributed by atoms with Gasteiger partial charge in [-0.2, -0.15) is 0 Å². The third-order valence-corrected chi connectivity index (χ3v) is 3.43. The number of hydrogen-bond donors (Lipinski definition) is 2. The molecule has 1 rings (SSSR count). The SMILES string of the molecule is CCc1noc(CC)c1CNC(=O)CCCCCCN.Cl. The highest BCUT2D eigenvalue weighted by molar-refractivity contribution is 5.85. The minimum absolute atomic E-state index is 0. The molecule has 0 saturated carbocycles. The van der Waals surface area contributed by atoms with E-state index in [2.05, 4.69) is 10.5 Å². The molecule has 122 valence electrons. The summed E-state index contributed by atoms with van der Waals surface area (Å²) in [6.07, 6.45) is 6.36. The highest BCUT2D eigenvalue weighted by Gasteiger charge is 2.13. The summed E-state index contributed by atoms with van der Waals surface area (Å²) in [5, 5.41) is 7.00. The molecule has 0 unspecified atom stereocenters. The fraction of sp³-hybridized carbons (Fsp3) is 0.733. The summed E-state index contributed by atoms with van der Waals surface area (Å²) < 4.78 is 5.28. The Morgan fingerprint density at radius 1 is 1.19 bits per heavy atom. The standard InChI is InChI=1S/C15H27N3O2.ClH/c1-3-13-12(14(4-2)20-18-13)11-17-15(19)9-7-5-6-8-10-16;/h3-11,16H2,1-2H3,(H,17,19);1H. The number of rotatable bonds is 10. The number of nitrogens with zero attached hydrogens (tertiary/aromatic N) is 1. The van der Waals surface area contributed by atoms with Gasteiger partial charge in [0.05, 0.1) is 5.69 Å². The number of nitrogens with one attached hydrogen (secondary N) is 1. The van der Waals surface area contributed by atoms with Crippen LogP contribution >= 0.6 is 12.4 Å². The van der Waals surface area contributed by atoms with Gasteiger partial charge in [-0.25, -0.2) is 0 Å². The predicted molar refractivity (Wildman–Crippen MR) is 86.5 cm³/mol. The Morgan fingerprint density at radius 3 is 2.52 bits per heavy atom. The van der Waals surface area contributed by atoms with E-state index in [0.29, 0.717) is 13.0 Å². The Balaban J connectivity index is 0.00000400. The van der Waals surface area contributed by atoms with E-state index in [-0.39, 0.29) is 18.3 Å². The molecule has 3 N–H and O–H groups in total. The van der Waals surface area contributed by atoms with Gasteiger partial charge in [-0.05, 0) is 25.8 Å². The average Bonchev–Trinajstić information content (AvgIpc) is 2.86. The van der Waals surface area contributed by atoms with Gasteiger partial charge in [0.2, 0.25) is 5.91 Å². The Bertz CT molecular complexity index is 386. The van der Waals surface area contributed by atoms with Crippen LogP contribution in [0, 0.1) is 0 Å². The molecule has 1 amide bonds. The lowest BCUT2D eigenvalue weighted by Gasteiger charge is -2.06. The molecule has 0 aliphatic rings. The number of carbonyl (C=O) groups is 1. The van der Waals surface area contributed by atoms with Crippen LogP contribution in [0.5, 0.6) is 0 Å². The first kappa shape index (κ1) is 19.9. The van der Waals surface area contributed by atoms with E-state index in [1.807, 2.05) is 13.8 Å². The zero-order valence-corrected chi connectivity index (χ0v) is 13.9. The summed E-state index contributed by atoms with van der Waals surface area (Å²) in [6, 6.07) is 0. The molecule has 0 bridgehead atoms. The van der Waals surface area contributed by atoms with Gasteiger partial charge in [0.25, 0.3) is 0 Å². The van der Waals surface area contributed by atoms with Crippen molar-refractivity contribution < 1.29 is 9.32 Å². The second-order valence-electron chi connectivity index (χ2n) is 4.97. The Labute approximate surface area is 133 Å². The van der Waals surface area contributed by atoms with Crippen LogP contribution in [0.2, 0.25) is 0 Å². The maximum Gasteiger partial charge on any atom is 0.220 e. The van der Waals surface area contributed by atoms with Crippen molar-refractivity contribution in [3.05, 3.63) is 17.0 Å². The van der Waals surface area contributed by atoms with Crippen LogP contribution in [-0.4, -0.2) is 17.6 Å². The summed E-state index contributed by atoms with van der Waals surface area (Å²) in [5.41, 5.74) is 7.43. The van der Waals surface area contributed by atoms with E-state index in [1.54, 1.807) is 0 Å². The first-order valence-electron chi connectivity index (χ1n) is 7.65. The molecule has 0 radical (unpaired) electrons.